The molecule has 4 rings (SSSR count). The van der Waals surface area contributed by atoms with Gasteiger partial charge in [0.1, 0.15) is 0 Å². The van der Waals surface area contributed by atoms with Gasteiger partial charge >= 0.3 is 0 Å². The Balaban J connectivity index is 1.42. The lowest BCUT2D eigenvalue weighted by Crippen LogP contribution is -2.53. The zero-order valence-electron chi connectivity index (χ0n) is 18.3. The van der Waals surface area contributed by atoms with E-state index in [9.17, 15) is 13.2 Å². The van der Waals surface area contributed by atoms with E-state index in [0.29, 0.717) is 31.0 Å². The van der Waals surface area contributed by atoms with E-state index in [1.807, 2.05) is 49.1 Å². The molecular formula is C24H31N3O3S. The first kappa shape index (κ1) is 21.8. The lowest BCUT2D eigenvalue weighted by atomic mass is 9.97. The summed E-state index contributed by atoms with van der Waals surface area (Å²) in [5.74, 6) is -0.175. The smallest absolute Gasteiger partial charge is 0.243 e. The second-order valence-corrected chi connectivity index (χ2v) is 10.5. The molecule has 2 saturated heterocycles. The van der Waals surface area contributed by atoms with E-state index >= 15 is 0 Å². The van der Waals surface area contributed by atoms with Crippen molar-refractivity contribution in [1.82, 2.24) is 9.21 Å². The van der Waals surface area contributed by atoms with Crippen LogP contribution in [0.15, 0.2) is 53.4 Å². The first-order chi connectivity index (χ1) is 14.9. The van der Waals surface area contributed by atoms with Gasteiger partial charge < -0.3 is 9.80 Å². The van der Waals surface area contributed by atoms with Crippen LogP contribution in [0.25, 0.3) is 0 Å². The molecule has 0 aliphatic carbocycles. The van der Waals surface area contributed by atoms with Crippen LogP contribution < -0.4 is 4.90 Å². The van der Waals surface area contributed by atoms with Gasteiger partial charge in [0.25, 0.3) is 0 Å². The lowest BCUT2D eigenvalue weighted by molar-refractivity contribution is -0.137. The molecule has 31 heavy (non-hydrogen) atoms. The Kier molecular flexibility index (Phi) is 6.34. The highest BCUT2D eigenvalue weighted by atomic mass is 32.2. The first-order valence-electron chi connectivity index (χ1n) is 11.0. The van der Waals surface area contributed by atoms with Crippen molar-refractivity contribution in [2.75, 3.05) is 44.2 Å². The number of aryl methyl sites for hydroxylation is 2. The number of amides is 1. The van der Waals surface area contributed by atoms with Gasteiger partial charge in [-0.25, -0.2) is 8.42 Å². The number of hydrogen-bond acceptors (Lipinski definition) is 4. The Labute approximate surface area is 185 Å². The molecule has 1 amide bonds. The number of hydrogen-bond donors (Lipinski definition) is 0. The number of piperazine rings is 1. The fourth-order valence-corrected chi connectivity index (χ4v) is 6.40. The summed E-state index contributed by atoms with van der Waals surface area (Å²) in [6, 6.07) is 15.7. The third kappa shape index (κ3) is 4.62. The molecule has 166 valence electrons. The molecule has 2 aromatic rings. The molecule has 0 saturated carbocycles. The maximum atomic E-state index is 13.3. The van der Waals surface area contributed by atoms with Crippen LogP contribution in [-0.2, 0) is 14.8 Å². The molecule has 2 aliphatic rings. The van der Waals surface area contributed by atoms with Gasteiger partial charge in [0.15, 0.2) is 0 Å². The maximum absolute atomic E-state index is 13.3. The molecule has 7 heteroatoms. The summed E-state index contributed by atoms with van der Waals surface area (Å²) in [6.45, 7) is 7.41. The summed E-state index contributed by atoms with van der Waals surface area (Å²) in [5.41, 5.74) is 2.85. The van der Waals surface area contributed by atoms with E-state index in [2.05, 4.69) is 17.0 Å². The number of carbonyl (C=O) groups is 1. The average molecular weight is 442 g/mol. The van der Waals surface area contributed by atoms with Gasteiger partial charge in [-0.2, -0.15) is 4.31 Å². The standard InChI is InChI=1S/C24H31N3O3S/c1-19-10-11-20(2)23(17-19)31(29,30)27-12-6-7-21(18-27)24(28)26-15-13-25(14-16-26)22-8-4-3-5-9-22/h3-5,8-11,17,21H,6-7,12-16,18H2,1-2H3/t21-/m1/s1. The Morgan fingerprint density at radius 2 is 1.65 bits per heavy atom. The molecule has 0 spiro atoms. The van der Waals surface area contributed by atoms with E-state index in [1.165, 1.54) is 9.99 Å². The molecular weight excluding hydrogens is 410 g/mol. The molecule has 2 heterocycles. The minimum atomic E-state index is -3.60. The lowest BCUT2D eigenvalue weighted by Gasteiger charge is -2.39. The van der Waals surface area contributed by atoms with Crippen LogP contribution in [0.5, 0.6) is 0 Å². The Morgan fingerprint density at radius 3 is 2.35 bits per heavy atom. The van der Waals surface area contributed by atoms with Crippen LogP contribution in [0.3, 0.4) is 0 Å². The predicted octanol–water partition coefficient (Wildman–Crippen LogP) is 3.05. The SMILES string of the molecule is Cc1ccc(C)c(S(=O)(=O)N2CCC[C@@H](C(=O)N3CCN(c4ccccc4)CC3)C2)c1. The molecule has 2 fully saturated rings. The fraction of sp³-hybridized carbons (Fsp3) is 0.458. The third-order valence-electron chi connectivity index (χ3n) is 6.41. The summed E-state index contributed by atoms with van der Waals surface area (Å²) < 4.78 is 28.1. The van der Waals surface area contributed by atoms with Gasteiger partial charge in [-0.15, -0.1) is 0 Å². The molecule has 0 radical (unpaired) electrons. The van der Waals surface area contributed by atoms with E-state index in [0.717, 1.165) is 30.6 Å². The Hall–Kier alpha value is -2.38. The van der Waals surface area contributed by atoms with Gasteiger partial charge in [0.2, 0.25) is 15.9 Å². The van der Waals surface area contributed by atoms with Gasteiger partial charge in [-0.1, -0.05) is 30.3 Å². The summed E-state index contributed by atoms with van der Waals surface area (Å²) in [4.78, 5) is 17.8. The van der Waals surface area contributed by atoms with Gasteiger partial charge in [0, 0.05) is 45.0 Å². The number of nitrogens with zero attached hydrogens (tertiary/aromatic N) is 3. The zero-order valence-corrected chi connectivity index (χ0v) is 19.1. The van der Waals surface area contributed by atoms with E-state index in [-0.39, 0.29) is 18.4 Å². The summed E-state index contributed by atoms with van der Waals surface area (Å²) >= 11 is 0. The largest absolute Gasteiger partial charge is 0.368 e. The number of benzene rings is 2. The van der Waals surface area contributed by atoms with Crippen LogP contribution in [0.4, 0.5) is 5.69 Å². The maximum Gasteiger partial charge on any atom is 0.243 e. The number of rotatable bonds is 4. The van der Waals surface area contributed by atoms with Crippen molar-refractivity contribution >= 4 is 21.6 Å². The molecule has 2 aliphatic heterocycles. The van der Waals surface area contributed by atoms with E-state index in [4.69, 9.17) is 0 Å². The van der Waals surface area contributed by atoms with Gasteiger partial charge in [-0.3, -0.25) is 4.79 Å². The van der Waals surface area contributed by atoms with Crippen molar-refractivity contribution in [3.05, 3.63) is 59.7 Å². The third-order valence-corrected chi connectivity index (χ3v) is 8.41. The van der Waals surface area contributed by atoms with Crippen molar-refractivity contribution in [3.8, 4) is 0 Å². The van der Waals surface area contributed by atoms with Crippen LogP contribution in [0.1, 0.15) is 24.0 Å². The van der Waals surface area contributed by atoms with Gasteiger partial charge in [0.05, 0.1) is 10.8 Å². The van der Waals surface area contributed by atoms with Crippen LogP contribution in [0, 0.1) is 19.8 Å². The fourth-order valence-electron chi connectivity index (χ4n) is 4.57. The summed E-state index contributed by atoms with van der Waals surface area (Å²) in [6.07, 6.45) is 1.46. The van der Waals surface area contributed by atoms with E-state index < -0.39 is 10.0 Å². The second kappa shape index (κ2) is 9.01. The normalized spacial score (nSPS) is 20.6. The molecule has 0 N–H and O–H groups in total. The Bertz CT molecular complexity index is 1030. The zero-order chi connectivity index (χ0) is 22.0. The van der Waals surface area contributed by atoms with Crippen LogP contribution in [-0.4, -0.2) is 62.8 Å². The molecule has 6 nitrogen and oxygen atoms in total. The van der Waals surface area contributed by atoms with Crippen molar-refractivity contribution in [3.63, 3.8) is 0 Å². The monoisotopic (exact) mass is 441 g/mol. The molecule has 0 unspecified atom stereocenters. The number of carbonyl (C=O) groups excluding carboxylic acids is 1. The summed E-state index contributed by atoms with van der Waals surface area (Å²) in [7, 11) is -3.60. The first-order valence-corrected chi connectivity index (χ1v) is 12.5. The van der Waals surface area contributed by atoms with Crippen molar-refractivity contribution in [2.24, 2.45) is 5.92 Å². The predicted molar refractivity (Wildman–Crippen MR) is 123 cm³/mol. The topological polar surface area (TPSA) is 60.9 Å². The van der Waals surface area contributed by atoms with E-state index in [1.54, 1.807) is 6.07 Å². The Morgan fingerprint density at radius 1 is 0.935 bits per heavy atom. The average Bonchev–Trinajstić information content (AvgIpc) is 2.81. The molecule has 0 aromatic heterocycles. The number of sulfonamides is 1. The molecule has 2 aromatic carbocycles. The van der Waals surface area contributed by atoms with Crippen molar-refractivity contribution < 1.29 is 13.2 Å². The van der Waals surface area contributed by atoms with Crippen LogP contribution in [0.2, 0.25) is 0 Å². The highest BCUT2D eigenvalue weighted by molar-refractivity contribution is 7.89. The quantitative estimate of drug-likeness (QED) is 0.732. The minimum Gasteiger partial charge on any atom is -0.368 e. The highest BCUT2D eigenvalue weighted by Gasteiger charge is 2.36. The highest BCUT2D eigenvalue weighted by Crippen LogP contribution is 2.28. The minimum absolute atomic E-state index is 0.0913. The molecule has 0 bridgehead atoms. The molecule has 1 atom stereocenters. The summed E-state index contributed by atoms with van der Waals surface area (Å²) in [5, 5.41) is 0. The van der Waals surface area contributed by atoms with Gasteiger partial charge in [-0.05, 0) is 56.0 Å². The number of anilines is 1. The second-order valence-electron chi connectivity index (χ2n) is 8.62. The number of piperidine rings is 1. The van der Waals surface area contributed by atoms with Crippen molar-refractivity contribution in [2.45, 2.75) is 31.6 Å². The van der Waals surface area contributed by atoms with Crippen molar-refractivity contribution in [1.29, 1.82) is 0 Å². The van der Waals surface area contributed by atoms with Crippen LogP contribution >= 0.6 is 0 Å². The number of para-hydroxylation sites is 1.